The molecule has 0 aliphatic rings. The first-order chi connectivity index (χ1) is 5.96. The van der Waals surface area contributed by atoms with Gasteiger partial charge in [0.2, 0.25) is 0 Å². The number of Topliss-reactive ketones (excluding diaryl/α,β-unsaturated/α-hetero) is 1. The van der Waals surface area contributed by atoms with Gasteiger partial charge in [-0.3, -0.25) is 4.79 Å². The molecule has 2 heteroatoms. The molecule has 0 aromatic carbocycles. The Labute approximate surface area is 80.0 Å². The van der Waals surface area contributed by atoms with Gasteiger partial charge in [0, 0.05) is 0 Å². The Morgan fingerprint density at radius 2 is 1.92 bits per heavy atom. The van der Waals surface area contributed by atoms with E-state index < -0.39 is 5.41 Å². The van der Waals surface area contributed by atoms with Crippen molar-refractivity contribution in [2.75, 3.05) is 0 Å². The molecule has 0 radical (unpaired) electrons. The predicted octanol–water partition coefficient (Wildman–Crippen LogP) is 2.53. The Morgan fingerprint density at radius 1 is 1.38 bits per heavy atom. The highest BCUT2D eigenvalue weighted by Gasteiger charge is 2.28. The van der Waals surface area contributed by atoms with Gasteiger partial charge in [0.05, 0.1) is 5.41 Å². The molecule has 0 bridgehead atoms. The average Bonchev–Trinajstić information content (AvgIpc) is 2.13. The number of allylic oxidation sites excluding steroid dienone is 2. The van der Waals surface area contributed by atoms with Gasteiger partial charge in [-0.1, -0.05) is 11.6 Å². The van der Waals surface area contributed by atoms with E-state index in [0.717, 1.165) is 12.7 Å². The van der Waals surface area contributed by atoms with Crippen LogP contribution in [0.5, 0.6) is 0 Å². The summed E-state index contributed by atoms with van der Waals surface area (Å²) in [5.41, 5.74) is 0.430. The largest absolute Gasteiger partial charge is 0.302 e. The van der Waals surface area contributed by atoms with Crippen molar-refractivity contribution in [2.45, 2.75) is 40.5 Å². The van der Waals surface area contributed by atoms with Crippen LogP contribution < -0.4 is 0 Å². The standard InChI is InChI=1S/C11H18O2/c1-5-9(2)6-7-11(4,8-12)10(3)13/h5,8H,6-7H2,1-4H3. The molecule has 13 heavy (non-hydrogen) atoms. The van der Waals surface area contributed by atoms with Crippen LogP contribution in [-0.2, 0) is 9.59 Å². The Bertz CT molecular complexity index is 228. The van der Waals surface area contributed by atoms with Gasteiger partial charge >= 0.3 is 0 Å². The van der Waals surface area contributed by atoms with Crippen molar-refractivity contribution >= 4 is 12.1 Å². The second kappa shape index (κ2) is 4.95. The molecule has 0 spiro atoms. The Hall–Kier alpha value is -0.920. The molecule has 0 saturated carbocycles. The molecule has 0 aliphatic heterocycles. The molecule has 0 amide bonds. The zero-order valence-electron chi connectivity index (χ0n) is 8.89. The minimum atomic E-state index is -0.787. The van der Waals surface area contributed by atoms with Crippen LogP contribution in [0.1, 0.15) is 40.5 Å². The predicted molar refractivity (Wildman–Crippen MR) is 53.5 cm³/mol. The lowest BCUT2D eigenvalue weighted by atomic mass is 9.82. The molecule has 0 aromatic heterocycles. The molecule has 1 unspecified atom stereocenters. The van der Waals surface area contributed by atoms with E-state index in [-0.39, 0.29) is 5.78 Å². The second-order valence-electron chi connectivity index (χ2n) is 3.73. The van der Waals surface area contributed by atoms with Crippen molar-refractivity contribution in [2.24, 2.45) is 5.41 Å². The molecule has 0 heterocycles. The molecule has 0 aromatic rings. The number of ketones is 1. The van der Waals surface area contributed by atoms with Gasteiger partial charge in [0.25, 0.3) is 0 Å². The van der Waals surface area contributed by atoms with Crippen molar-refractivity contribution < 1.29 is 9.59 Å². The first-order valence-electron chi connectivity index (χ1n) is 4.55. The first-order valence-corrected chi connectivity index (χ1v) is 4.55. The SMILES string of the molecule is CC=C(C)CCC(C)(C=O)C(C)=O. The summed E-state index contributed by atoms with van der Waals surface area (Å²) in [4.78, 5) is 21.9. The summed E-state index contributed by atoms with van der Waals surface area (Å²) in [6, 6.07) is 0. The molecular formula is C11H18O2. The minimum absolute atomic E-state index is 0.0496. The van der Waals surface area contributed by atoms with E-state index in [0.29, 0.717) is 6.42 Å². The molecule has 2 nitrogen and oxygen atoms in total. The Morgan fingerprint density at radius 3 is 2.23 bits per heavy atom. The van der Waals surface area contributed by atoms with Crippen LogP contribution in [0.4, 0.5) is 0 Å². The zero-order valence-corrected chi connectivity index (χ0v) is 8.89. The number of hydrogen-bond donors (Lipinski definition) is 0. The lowest BCUT2D eigenvalue weighted by molar-refractivity contribution is -0.132. The molecule has 0 N–H and O–H groups in total. The van der Waals surface area contributed by atoms with Crippen molar-refractivity contribution in [3.05, 3.63) is 11.6 Å². The van der Waals surface area contributed by atoms with Gasteiger partial charge in [0.1, 0.15) is 12.1 Å². The zero-order chi connectivity index (χ0) is 10.5. The van der Waals surface area contributed by atoms with Crippen LogP contribution in [0.15, 0.2) is 11.6 Å². The topological polar surface area (TPSA) is 34.1 Å². The fourth-order valence-corrected chi connectivity index (χ4v) is 0.919. The number of carbonyl (C=O) groups is 2. The summed E-state index contributed by atoms with van der Waals surface area (Å²) in [5.74, 6) is -0.0496. The first kappa shape index (κ1) is 12.1. The third-order valence-corrected chi connectivity index (χ3v) is 2.60. The van der Waals surface area contributed by atoms with Gasteiger partial charge in [-0.2, -0.15) is 0 Å². The van der Waals surface area contributed by atoms with Crippen molar-refractivity contribution in [1.29, 1.82) is 0 Å². The maximum absolute atomic E-state index is 11.1. The number of rotatable bonds is 5. The van der Waals surface area contributed by atoms with E-state index >= 15 is 0 Å². The third kappa shape index (κ3) is 3.53. The minimum Gasteiger partial charge on any atom is -0.302 e. The summed E-state index contributed by atoms with van der Waals surface area (Å²) in [6.45, 7) is 7.14. The Balaban J connectivity index is 4.30. The van der Waals surface area contributed by atoms with E-state index in [1.54, 1.807) is 6.92 Å². The van der Waals surface area contributed by atoms with E-state index in [9.17, 15) is 9.59 Å². The number of hydrogen-bond acceptors (Lipinski definition) is 2. The molecule has 0 saturated heterocycles. The normalized spacial score (nSPS) is 16.5. The lowest BCUT2D eigenvalue weighted by Gasteiger charge is -2.19. The summed E-state index contributed by atoms with van der Waals surface area (Å²) >= 11 is 0. The van der Waals surface area contributed by atoms with E-state index in [1.165, 1.54) is 12.5 Å². The lowest BCUT2D eigenvalue weighted by Crippen LogP contribution is -2.27. The summed E-state index contributed by atoms with van der Waals surface area (Å²) in [7, 11) is 0. The smallest absolute Gasteiger partial charge is 0.142 e. The number of aldehydes is 1. The summed E-state index contributed by atoms with van der Waals surface area (Å²) in [6.07, 6.45) is 4.19. The second-order valence-corrected chi connectivity index (χ2v) is 3.73. The molecule has 74 valence electrons. The van der Waals surface area contributed by atoms with Crippen molar-refractivity contribution in [3.63, 3.8) is 0 Å². The maximum atomic E-state index is 11.1. The van der Waals surface area contributed by atoms with Crippen LogP contribution >= 0.6 is 0 Å². The third-order valence-electron chi connectivity index (χ3n) is 2.60. The highest BCUT2D eigenvalue weighted by Crippen LogP contribution is 2.23. The van der Waals surface area contributed by atoms with E-state index in [2.05, 4.69) is 0 Å². The van der Waals surface area contributed by atoms with E-state index in [1.807, 2.05) is 19.9 Å². The van der Waals surface area contributed by atoms with Crippen LogP contribution in [0, 0.1) is 5.41 Å². The molecule has 0 fully saturated rings. The van der Waals surface area contributed by atoms with Gasteiger partial charge in [-0.05, 0) is 40.5 Å². The van der Waals surface area contributed by atoms with Gasteiger partial charge in [-0.15, -0.1) is 0 Å². The van der Waals surface area contributed by atoms with Gasteiger partial charge in [0.15, 0.2) is 0 Å². The van der Waals surface area contributed by atoms with Crippen molar-refractivity contribution in [1.82, 2.24) is 0 Å². The molecule has 0 rings (SSSR count). The fraction of sp³-hybridized carbons (Fsp3) is 0.636. The van der Waals surface area contributed by atoms with Gasteiger partial charge < -0.3 is 4.79 Å². The maximum Gasteiger partial charge on any atom is 0.142 e. The quantitative estimate of drug-likeness (QED) is 0.372. The fourth-order valence-electron chi connectivity index (χ4n) is 0.919. The van der Waals surface area contributed by atoms with E-state index in [4.69, 9.17) is 0 Å². The average molecular weight is 182 g/mol. The molecular weight excluding hydrogens is 164 g/mol. The van der Waals surface area contributed by atoms with Crippen molar-refractivity contribution in [3.8, 4) is 0 Å². The molecule has 1 atom stereocenters. The number of carbonyl (C=O) groups excluding carboxylic acids is 2. The van der Waals surface area contributed by atoms with Crippen LogP contribution in [-0.4, -0.2) is 12.1 Å². The van der Waals surface area contributed by atoms with Crippen LogP contribution in [0.25, 0.3) is 0 Å². The summed E-state index contributed by atoms with van der Waals surface area (Å²) in [5, 5.41) is 0. The highest BCUT2D eigenvalue weighted by molar-refractivity contribution is 5.96. The highest BCUT2D eigenvalue weighted by atomic mass is 16.1. The monoisotopic (exact) mass is 182 g/mol. The Kier molecular flexibility index (Phi) is 4.60. The van der Waals surface area contributed by atoms with Crippen LogP contribution in [0.3, 0.4) is 0 Å². The van der Waals surface area contributed by atoms with Crippen LogP contribution in [0.2, 0.25) is 0 Å². The summed E-state index contributed by atoms with van der Waals surface area (Å²) < 4.78 is 0. The molecule has 0 aliphatic carbocycles. The van der Waals surface area contributed by atoms with Gasteiger partial charge in [-0.25, -0.2) is 0 Å².